The van der Waals surface area contributed by atoms with Crippen LogP contribution in [0.4, 0.5) is 0 Å². The zero-order valence-electron chi connectivity index (χ0n) is 18.3. The Kier molecular flexibility index (Phi) is 6.86. The Morgan fingerprint density at radius 1 is 1.10 bits per heavy atom. The molecule has 2 aliphatic heterocycles. The minimum absolute atomic E-state index is 0.208. The van der Waals surface area contributed by atoms with Gasteiger partial charge in [-0.3, -0.25) is 19.6 Å². The minimum Gasteiger partial charge on any atom is -0.340 e. The molecule has 2 saturated heterocycles. The summed E-state index contributed by atoms with van der Waals surface area (Å²) < 4.78 is 0. The van der Waals surface area contributed by atoms with Crippen molar-refractivity contribution in [3.63, 3.8) is 0 Å². The maximum Gasteiger partial charge on any atom is 0.227 e. The molecular weight excluding hydrogens is 360 g/mol. The van der Waals surface area contributed by atoms with Gasteiger partial charge in [0.1, 0.15) is 0 Å². The van der Waals surface area contributed by atoms with Crippen LogP contribution < -0.4 is 0 Å². The van der Waals surface area contributed by atoms with Gasteiger partial charge >= 0.3 is 0 Å². The van der Waals surface area contributed by atoms with Crippen molar-refractivity contribution in [1.29, 1.82) is 0 Å². The third-order valence-electron chi connectivity index (χ3n) is 7.09. The van der Waals surface area contributed by atoms with Crippen molar-refractivity contribution in [2.45, 2.75) is 71.0 Å². The van der Waals surface area contributed by atoms with E-state index in [4.69, 9.17) is 0 Å². The smallest absolute Gasteiger partial charge is 0.227 e. The first kappa shape index (κ1) is 20.8. The predicted molar refractivity (Wildman–Crippen MR) is 116 cm³/mol. The average Bonchev–Trinajstić information content (AvgIpc) is 3.57. The van der Waals surface area contributed by atoms with Crippen LogP contribution in [0.1, 0.15) is 57.9 Å². The number of carbonyl (C=O) groups excluding carboxylic acids is 1. The Hall–Kier alpha value is -1.46. The van der Waals surface area contributed by atoms with Gasteiger partial charge in [0.25, 0.3) is 0 Å². The molecule has 3 aliphatic rings. The van der Waals surface area contributed by atoms with E-state index in [1.54, 1.807) is 0 Å². The zero-order valence-corrected chi connectivity index (χ0v) is 18.3. The van der Waals surface area contributed by atoms with E-state index in [0.29, 0.717) is 18.0 Å². The van der Waals surface area contributed by atoms with E-state index in [0.717, 1.165) is 45.1 Å². The lowest BCUT2D eigenvalue weighted by atomic mass is 9.92. The van der Waals surface area contributed by atoms with Crippen LogP contribution in [0.2, 0.25) is 0 Å². The zero-order chi connectivity index (χ0) is 20.2. The first-order valence-electron chi connectivity index (χ1n) is 11.8. The molecule has 0 spiro atoms. The quantitative estimate of drug-likeness (QED) is 0.706. The highest BCUT2D eigenvalue weighted by atomic mass is 16.2. The number of nitrogens with zero attached hydrogens (tertiary/aromatic N) is 4. The van der Waals surface area contributed by atoms with E-state index in [1.807, 2.05) is 12.4 Å². The SMILES string of the molecule is CC(C)N(CC1CC1)C(=O)[C@@H]1CCCN(C2CCN(Cc3ccncc3)CC2)C1. The largest absolute Gasteiger partial charge is 0.340 e. The molecule has 1 amide bonds. The molecule has 3 fully saturated rings. The predicted octanol–water partition coefficient (Wildman–Crippen LogP) is 3.41. The molecule has 1 aromatic rings. The average molecular weight is 399 g/mol. The van der Waals surface area contributed by atoms with Crippen molar-refractivity contribution >= 4 is 5.91 Å². The van der Waals surface area contributed by atoms with Crippen molar-refractivity contribution in [2.75, 3.05) is 32.7 Å². The lowest BCUT2D eigenvalue weighted by molar-refractivity contribution is -0.140. The van der Waals surface area contributed by atoms with Gasteiger partial charge < -0.3 is 4.90 Å². The second-order valence-corrected chi connectivity index (χ2v) is 9.72. The summed E-state index contributed by atoms with van der Waals surface area (Å²) in [5, 5.41) is 0. The lowest BCUT2D eigenvalue weighted by Crippen LogP contribution is -2.52. The maximum absolute atomic E-state index is 13.3. The topological polar surface area (TPSA) is 39.7 Å². The van der Waals surface area contributed by atoms with Gasteiger partial charge in [0, 0.05) is 44.1 Å². The fourth-order valence-electron chi connectivity index (χ4n) is 5.10. The molecule has 1 saturated carbocycles. The monoisotopic (exact) mass is 398 g/mol. The van der Waals surface area contributed by atoms with E-state index in [1.165, 1.54) is 44.2 Å². The number of likely N-dealkylation sites (tertiary alicyclic amines) is 2. The molecule has 1 atom stereocenters. The van der Waals surface area contributed by atoms with Gasteiger partial charge in [0.05, 0.1) is 5.92 Å². The lowest BCUT2D eigenvalue weighted by Gasteiger charge is -2.43. The second kappa shape index (κ2) is 9.57. The Morgan fingerprint density at radius 3 is 2.48 bits per heavy atom. The highest BCUT2D eigenvalue weighted by Crippen LogP contribution is 2.32. The summed E-state index contributed by atoms with van der Waals surface area (Å²) in [5.41, 5.74) is 1.35. The van der Waals surface area contributed by atoms with Crippen LogP contribution in [0.15, 0.2) is 24.5 Å². The van der Waals surface area contributed by atoms with Gasteiger partial charge in [-0.1, -0.05) is 0 Å². The van der Waals surface area contributed by atoms with Crippen molar-refractivity contribution in [2.24, 2.45) is 11.8 Å². The maximum atomic E-state index is 13.3. The third kappa shape index (κ3) is 5.58. The fraction of sp³-hybridized carbons (Fsp3) is 0.750. The summed E-state index contributed by atoms with van der Waals surface area (Å²) >= 11 is 0. The van der Waals surface area contributed by atoms with Crippen LogP contribution in [0.5, 0.6) is 0 Å². The Morgan fingerprint density at radius 2 is 1.83 bits per heavy atom. The molecule has 0 N–H and O–H groups in total. The van der Waals surface area contributed by atoms with Crippen LogP contribution in [0.3, 0.4) is 0 Å². The molecule has 160 valence electrons. The molecule has 29 heavy (non-hydrogen) atoms. The van der Waals surface area contributed by atoms with E-state index < -0.39 is 0 Å². The van der Waals surface area contributed by atoms with Crippen molar-refractivity contribution in [1.82, 2.24) is 19.7 Å². The standard InChI is InChI=1S/C24H38N4O/c1-19(2)28(17-20-5-6-20)24(29)22-4-3-13-27(18-22)23-9-14-26(15-10-23)16-21-7-11-25-12-8-21/h7-8,11-12,19-20,22-23H,3-6,9-10,13-18H2,1-2H3/t22-/m1/s1. The first-order chi connectivity index (χ1) is 14.1. The molecule has 4 rings (SSSR count). The van der Waals surface area contributed by atoms with Gasteiger partial charge in [0.2, 0.25) is 5.91 Å². The summed E-state index contributed by atoms with van der Waals surface area (Å²) in [7, 11) is 0. The van der Waals surface area contributed by atoms with Gasteiger partial charge in [0.15, 0.2) is 0 Å². The molecule has 3 heterocycles. The fourth-order valence-corrected chi connectivity index (χ4v) is 5.10. The Labute approximate surface area is 176 Å². The number of rotatable bonds is 7. The number of piperidine rings is 2. The molecule has 0 bridgehead atoms. The number of aromatic nitrogens is 1. The number of hydrogen-bond donors (Lipinski definition) is 0. The van der Waals surface area contributed by atoms with Crippen molar-refractivity contribution in [3.8, 4) is 0 Å². The summed E-state index contributed by atoms with van der Waals surface area (Å²) in [6.45, 7) is 10.8. The molecule has 0 aromatic carbocycles. The number of carbonyl (C=O) groups is 1. The summed E-state index contributed by atoms with van der Waals surface area (Å²) in [4.78, 5) is 24.8. The van der Waals surface area contributed by atoms with Crippen LogP contribution >= 0.6 is 0 Å². The van der Waals surface area contributed by atoms with Gasteiger partial charge in [-0.05, 0) is 95.6 Å². The molecule has 0 radical (unpaired) electrons. The van der Waals surface area contributed by atoms with Crippen molar-refractivity contribution < 1.29 is 4.79 Å². The normalized spacial score (nSPS) is 24.7. The van der Waals surface area contributed by atoms with E-state index in [2.05, 4.69) is 45.7 Å². The first-order valence-corrected chi connectivity index (χ1v) is 11.8. The highest BCUT2D eigenvalue weighted by Gasteiger charge is 2.36. The second-order valence-electron chi connectivity index (χ2n) is 9.72. The van der Waals surface area contributed by atoms with Crippen molar-refractivity contribution in [3.05, 3.63) is 30.1 Å². The summed E-state index contributed by atoms with van der Waals surface area (Å²) in [6.07, 6.45) is 11.1. The third-order valence-corrected chi connectivity index (χ3v) is 7.09. The number of amides is 1. The van der Waals surface area contributed by atoms with Crippen LogP contribution in [-0.2, 0) is 11.3 Å². The van der Waals surface area contributed by atoms with Gasteiger partial charge in [-0.15, -0.1) is 0 Å². The molecular formula is C24H38N4O. The van der Waals surface area contributed by atoms with Crippen LogP contribution in [0.25, 0.3) is 0 Å². The molecule has 1 aromatic heterocycles. The van der Waals surface area contributed by atoms with Crippen LogP contribution in [0, 0.1) is 11.8 Å². The molecule has 1 aliphatic carbocycles. The van der Waals surface area contributed by atoms with E-state index in [9.17, 15) is 4.79 Å². The molecule has 0 unspecified atom stereocenters. The van der Waals surface area contributed by atoms with Gasteiger partial charge in [-0.2, -0.15) is 0 Å². The van der Waals surface area contributed by atoms with E-state index >= 15 is 0 Å². The Bertz CT molecular complexity index is 652. The number of pyridine rings is 1. The molecule has 5 heteroatoms. The van der Waals surface area contributed by atoms with Gasteiger partial charge in [-0.25, -0.2) is 0 Å². The highest BCUT2D eigenvalue weighted by molar-refractivity contribution is 5.79. The Balaban J connectivity index is 1.28. The summed E-state index contributed by atoms with van der Waals surface area (Å²) in [5.74, 6) is 1.40. The van der Waals surface area contributed by atoms with E-state index in [-0.39, 0.29) is 5.92 Å². The molecule has 5 nitrogen and oxygen atoms in total. The van der Waals surface area contributed by atoms with Crippen LogP contribution in [-0.4, -0.2) is 70.4 Å². The summed E-state index contributed by atoms with van der Waals surface area (Å²) in [6, 6.07) is 5.22. The minimum atomic E-state index is 0.208. The number of hydrogen-bond acceptors (Lipinski definition) is 4.